The Labute approximate surface area is 148 Å². The fraction of sp³-hybridized carbons (Fsp3) is 0.476. The van der Waals surface area contributed by atoms with Crippen LogP contribution in [0.5, 0.6) is 0 Å². The molecule has 2 atom stereocenters. The Bertz CT molecular complexity index is 446. The van der Waals surface area contributed by atoms with Crippen LogP contribution in [0.25, 0.3) is 0 Å². The Hall–Kier alpha value is -0.716. The van der Waals surface area contributed by atoms with Crippen molar-refractivity contribution in [1.29, 1.82) is 0 Å². The van der Waals surface area contributed by atoms with E-state index in [0.717, 1.165) is 11.8 Å². The van der Waals surface area contributed by atoms with Gasteiger partial charge in [0, 0.05) is 0 Å². The molecule has 2 fully saturated rings. The standard InChI is InChI=1S/2C9H11.C3H6.Ti/c2*1-2-5-9-7-3-6-8(9)4-1;1-3-2;/h2*1-2,4,6,9H,3,5,7H2;1-2H3;/q2*-1;;+2. The van der Waals surface area contributed by atoms with Gasteiger partial charge in [0.15, 0.2) is 0 Å². The van der Waals surface area contributed by atoms with Gasteiger partial charge in [0.2, 0.25) is 0 Å². The van der Waals surface area contributed by atoms with Crippen LogP contribution in [-0.4, -0.2) is 3.81 Å². The topological polar surface area (TPSA) is 0 Å². The van der Waals surface area contributed by atoms with E-state index in [1.807, 2.05) is 0 Å². The van der Waals surface area contributed by atoms with Crippen molar-refractivity contribution < 1.29 is 20.0 Å². The minimum atomic E-state index is 0.884. The van der Waals surface area contributed by atoms with E-state index in [-0.39, 0.29) is 0 Å². The molecule has 4 rings (SSSR count). The first-order valence-electron chi connectivity index (χ1n) is 8.58. The zero-order valence-corrected chi connectivity index (χ0v) is 15.6. The average molecular weight is 328 g/mol. The van der Waals surface area contributed by atoms with E-state index < -0.39 is 0 Å². The molecule has 0 aromatic rings. The summed E-state index contributed by atoms with van der Waals surface area (Å²) < 4.78 is 1.42. The van der Waals surface area contributed by atoms with Crippen molar-refractivity contribution in [2.45, 2.75) is 52.4 Å². The number of rotatable bonds is 0. The third kappa shape index (κ3) is 5.82. The van der Waals surface area contributed by atoms with Crippen LogP contribution in [0.2, 0.25) is 0 Å². The van der Waals surface area contributed by atoms with Gasteiger partial charge >= 0.3 is 37.6 Å². The third-order valence-corrected chi connectivity index (χ3v) is 4.42. The first-order chi connectivity index (χ1) is 10.7. The van der Waals surface area contributed by atoms with Crippen molar-refractivity contribution in [3.63, 3.8) is 0 Å². The zero-order chi connectivity index (χ0) is 15.8. The van der Waals surface area contributed by atoms with Gasteiger partial charge in [-0.2, -0.15) is 0 Å². The van der Waals surface area contributed by atoms with Crippen LogP contribution in [0.1, 0.15) is 52.4 Å². The second-order valence-corrected chi connectivity index (χ2v) is 8.18. The van der Waals surface area contributed by atoms with Crippen LogP contribution < -0.4 is 0 Å². The average Bonchev–Trinajstić information content (AvgIpc) is 3.16. The normalized spacial score (nSPS) is 26.7. The Balaban J connectivity index is 0.000000131. The summed E-state index contributed by atoms with van der Waals surface area (Å²) in [7, 11) is 0. The summed E-state index contributed by atoms with van der Waals surface area (Å²) >= 11 is 2.08. The molecule has 0 N–H and O–H groups in total. The molecular weight excluding hydrogens is 300 g/mol. The molecular formula is C21H28Ti. The first kappa shape index (κ1) is 17.6. The molecule has 0 radical (unpaired) electrons. The van der Waals surface area contributed by atoms with Gasteiger partial charge < -0.3 is 0 Å². The predicted octanol–water partition coefficient (Wildman–Crippen LogP) is 5.72. The van der Waals surface area contributed by atoms with Crippen LogP contribution in [0, 0.1) is 24.7 Å². The Kier molecular flexibility index (Phi) is 7.56. The van der Waals surface area contributed by atoms with Gasteiger partial charge in [0.1, 0.15) is 0 Å². The number of hydrogen-bond acceptors (Lipinski definition) is 0. The van der Waals surface area contributed by atoms with Gasteiger partial charge in [-0.1, -0.05) is 12.8 Å². The Morgan fingerprint density at radius 1 is 0.909 bits per heavy atom. The van der Waals surface area contributed by atoms with Gasteiger partial charge in [-0.25, -0.2) is 36.1 Å². The summed E-state index contributed by atoms with van der Waals surface area (Å²) in [6.45, 7) is 4.17. The van der Waals surface area contributed by atoms with E-state index in [1.54, 1.807) is 11.1 Å². The van der Waals surface area contributed by atoms with Gasteiger partial charge in [-0.3, -0.25) is 0 Å². The molecule has 116 valence electrons. The first-order valence-corrected chi connectivity index (χ1v) is 9.36. The molecule has 0 aromatic carbocycles. The van der Waals surface area contributed by atoms with E-state index in [2.05, 4.69) is 83.1 Å². The van der Waals surface area contributed by atoms with Gasteiger partial charge in [-0.15, -0.1) is 37.1 Å². The molecule has 1 heteroatoms. The fourth-order valence-electron chi connectivity index (χ4n) is 3.33. The maximum absolute atomic E-state index is 2.37. The molecule has 0 nitrogen and oxygen atoms in total. The number of allylic oxidation sites excluding steroid dienone is 8. The Morgan fingerprint density at radius 3 is 1.68 bits per heavy atom. The van der Waals surface area contributed by atoms with Crippen molar-refractivity contribution >= 4 is 3.81 Å². The predicted molar refractivity (Wildman–Crippen MR) is 94.1 cm³/mol. The van der Waals surface area contributed by atoms with E-state index >= 15 is 0 Å². The van der Waals surface area contributed by atoms with Gasteiger partial charge in [0.25, 0.3) is 0 Å². The minimum absolute atomic E-state index is 0.884. The third-order valence-electron chi connectivity index (χ3n) is 4.42. The van der Waals surface area contributed by atoms with Crippen molar-refractivity contribution in [3.05, 3.63) is 60.4 Å². The van der Waals surface area contributed by atoms with Crippen LogP contribution >= 0.6 is 0 Å². The quantitative estimate of drug-likeness (QED) is 0.394. The summed E-state index contributed by atoms with van der Waals surface area (Å²) in [6, 6.07) is 0. The second kappa shape index (κ2) is 9.43. The van der Waals surface area contributed by atoms with Crippen LogP contribution in [0.3, 0.4) is 0 Å². The Morgan fingerprint density at radius 2 is 1.32 bits per heavy atom. The molecule has 0 heterocycles. The van der Waals surface area contributed by atoms with Crippen molar-refractivity contribution in [2.24, 2.45) is 11.8 Å². The SMILES string of the molecule is C1=CCC2CC[CH-]C2=C1.C1=CCC2CC[CH-]C2=C1.C[C](C)=[Ti+2]. The van der Waals surface area contributed by atoms with E-state index in [9.17, 15) is 0 Å². The maximum atomic E-state index is 2.37. The van der Waals surface area contributed by atoms with Gasteiger partial charge in [-0.05, 0) is 24.7 Å². The number of hydrogen-bond donors (Lipinski definition) is 0. The van der Waals surface area contributed by atoms with Gasteiger partial charge in [0.05, 0.1) is 0 Å². The van der Waals surface area contributed by atoms with E-state index in [1.165, 1.54) is 42.3 Å². The fourth-order valence-corrected chi connectivity index (χ4v) is 3.33. The van der Waals surface area contributed by atoms with Crippen LogP contribution in [0.15, 0.2) is 47.6 Å². The molecule has 4 aliphatic carbocycles. The molecule has 0 aliphatic heterocycles. The number of fused-ring (bicyclic) bond motifs is 2. The van der Waals surface area contributed by atoms with Crippen molar-refractivity contribution in [1.82, 2.24) is 0 Å². The van der Waals surface area contributed by atoms with Crippen LogP contribution in [-0.2, 0) is 20.0 Å². The molecule has 0 saturated heterocycles. The molecule has 4 aliphatic rings. The van der Waals surface area contributed by atoms with Crippen molar-refractivity contribution in [2.75, 3.05) is 0 Å². The van der Waals surface area contributed by atoms with Crippen LogP contribution in [0.4, 0.5) is 0 Å². The monoisotopic (exact) mass is 328 g/mol. The second-order valence-electron chi connectivity index (χ2n) is 6.62. The molecule has 0 aromatic heterocycles. The zero-order valence-electron chi connectivity index (χ0n) is 14.0. The van der Waals surface area contributed by atoms with E-state index in [0.29, 0.717) is 0 Å². The summed E-state index contributed by atoms with van der Waals surface area (Å²) in [6.07, 6.45) is 26.1. The molecule has 2 saturated carbocycles. The van der Waals surface area contributed by atoms with Crippen molar-refractivity contribution in [3.8, 4) is 0 Å². The summed E-state index contributed by atoms with van der Waals surface area (Å²) in [5, 5.41) is 0. The van der Waals surface area contributed by atoms with E-state index in [4.69, 9.17) is 0 Å². The molecule has 0 bridgehead atoms. The summed E-state index contributed by atoms with van der Waals surface area (Å²) in [5.41, 5.74) is 3.16. The summed E-state index contributed by atoms with van der Waals surface area (Å²) in [5.74, 6) is 1.77. The molecule has 0 spiro atoms. The molecule has 0 amide bonds. The molecule has 22 heavy (non-hydrogen) atoms. The summed E-state index contributed by atoms with van der Waals surface area (Å²) in [4.78, 5) is 0. The molecule has 2 unspecified atom stereocenters.